The molecule has 2 aromatic rings. The molecule has 0 aliphatic heterocycles. The van der Waals surface area contributed by atoms with Gasteiger partial charge in [-0.25, -0.2) is 0 Å². The van der Waals surface area contributed by atoms with E-state index in [0.717, 1.165) is 20.2 Å². The Kier molecular flexibility index (Phi) is 3.87. The van der Waals surface area contributed by atoms with E-state index in [0.29, 0.717) is 11.4 Å². The Balaban J connectivity index is 2.25. The lowest BCUT2D eigenvalue weighted by molar-refractivity contribution is 0.102. The predicted molar refractivity (Wildman–Crippen MR) is 77.9 cm³/mol. The van der Waals surface area contributed by atoms with Crippen molar-refractivity contribution >= 4 is 43.6 Å². The molecule has 6 heteroatoms. The Morgan fingerprint density at radius 1 is 1.33 bits per heavy atom. The van der Waals surface area contributed by atoms with Crippen LogP contribution >= 0.6 is 31.9 Å². The maximum absolute atomic E-state index is 12.1. The van der Waals surface area contributed by atoms with Crippen molar-refractivity contribution in [3.05, 3.63) is 44.0 Å². The monoisotopic (exact) mass is 371 g/mol. The fraction of sp³-hybridized carbons (Fsp3) is 0.167. The molecule has 2 rings (SSSR count). The molecule has 1 aromatic heterocycles. The largest absolute Gasteiger partial charge is 0.305 e. The maximum atomic E-state index is 12.1. The van der Waals surface area contributed by atoms with Gasteiger partial charge in [0.25, 0.3) is 5.91 Å². The first-order valence-corrected chi connectivity index (χ1v) is 6.85. The van der Waals surface area contributed by atoms with Gasteiger partial charge in [0.05, 0.1) is 5.56 Å². The molecule has 2 N–H and O–H groups in total. The Hall–Kier alpha value is -1.14. The minimum atomic E-state index is -0.191. The van der Waals surface area contributed by atoms with Crippen molar-refractivity contribution in [2.24, 2.45) is 0 Å². The summed E-state index contributed by atoms with van der Waals surface area (Å²) in [5.74, 6) is 0.372. The number of aryl methyl sites for hydroxylation is 1. The first kappa shape index (κ1) is 13.3. The lowest BCUT2D eigenvalue weighted by atomic mass is 10.2. The highest BCUT2D eigenvalue weighted by molar-refractivity contribution is 9.11. The SMILES string of the molecule is Cc1[nH]nc(NC(=O)c2ccc(Br)cc2Br)c1C. The summed E-state index contributed by atoms with van der Waals surface area (Å²) in [6, 6.07) is 5.40. The summed E-state index contributed by atoms with van der Waals surface area (Å²) in [7, 11) is 0. The number of H-pyrrole nitrogens is 1. The molecule has 1 heterocycles. The fourth-order valence-electron chi connectivity index (χ4n) is 1.46. The third kappa shape index (κ3) is 2.64. The van der Waals surface area contributed by atoms with Crippen molar-refractivity contribution in [2.45, 2.75) is 13.8 Å². The van der Waals surface area contributed by atoms with Crippen LogP contribution in [0.4, 0.5) is 5.82 Å². The molecule has 1 aromatic carbocycles. The number of amides is 1. The van der Waals surface area contributed by atoms with E-state index in [1.54, 1.807) is 6.07 Å². The maximum Gasteiger partial charge on any atom is 0.258 e. The Labute approximate surface area is 121 Å². The van der Waals surface area contributed by atoms with E-state index in [1.165, 1.54) is 0 Å². The molecule has 0 spiro atoms. The molecule has 0 saturated heterocycles. The van der Waals surface area contributed by atoms with Gasteiger partial charge in [0.15, 0.2) is 5.82 Å². The van der Waals surface area contributed by atoms with Crippen LogP contribution in [0, 0.1) is 13.8 Å². The third-order valence-electron chi connectivity index (χ3n) is 2.66. The number of benzene rings is 1. The van der Waals surface area contributed by atoms with Crippen molar-refractivity contribution < 1.29 is 4.79 Å². The van der Waals surface area contributed by atoms with Crippen molar-refractivity contribution in [1.29, 1.82) is 0 Å². The average molecular weight is 373 g/mol. The van der Waals surface area contributed by atoms with Crippen molar-refractivity contribution in [1.82, 2.24) is 10.2 Å². The van der Waals surface area contributed by atoms with Crippen LogP contribution in [-0.2, 0) is 0 Å². The second kappa shape index (κ2) is 5.24. The minimum absolute atomic E-state index is 0.191. The normalized spacial score (nSPS) is 10.4. The molecule has 0 saturated carbocycles. The zero-order valence-electron chi connectivity index (χ0n) is 9.84. The van der Waals surface area contributed by atoms with Gasteiger partial charge < -0.3 is 5.32 Å². The van der Waals surface area contributed by atoms with Gasteiger partial charge in [-0.15, -0.1) is 0 Å². The van der Waals surface area contributed by atoms with Crippen LogP contribution in [0.15, 0.2) is 27.1 Å². The topological polar surface area (TPSA) is 57.8 Å². The molecular formula is C12H11Br2N3O. The van der Waals surface area contributed by atoms with Crippen LogP contribution < -0.4 is 5.32 Å². The van der Waals surface area contributed by atoms with Gasteiger partial charge in [-0.3, -0.25) is 9.89 Å². The van der Waals surface area contributed by atoms with E-state index >= 15 is 0 Å². The van der Waals surface area contributed by atoms with Crippen molar-refractivity contribution in [3.63, 3.8) is 0 Å². The molecule has 0 aliphatic carbocycles. The molecule has 0 unspecified atom stereocenters. The van der Waals surface area contributed by atoms with Gasteiger partial charge in [0, 0.05) is 20.2 Å². The summed E-state index contributed by atoms with van der Waals surface area (Å²) >= 11 is 6.71. The smallest absolute Gasteiger partial charge is 0.258 e. The molecule has 4 nitrogen and oxygen atoms in total. The van der Waals surface area contributed by atoms with Crippen LogP contribution in [0.3, 0.4) is 0 Å². The van der Waals surface area contributed by atoms with Crippen molar-refractivity contribution in [2.75, 3.05) is 5.32 Å². The quantitative estimate of drug-likeness (QED) is 0.842. The molecule has 0 radical (unpaired) electrons. The van der Waals surface area contributed by atoms with E-state index in [2.05, 4.69) is 47.4 Å². The number of hydrogen-bond acceptors (Lipinski definition) is 2. The number of rotatable bonds is 2. The van der Waals surface area contributed by atoms with Gasteiger partial charge >= 0.3 is 0 Å². The summed E-state index contributed by atoms with van der Waals surface area (Å²) in [6.07, 6.45) is 0. The van der Waals surface area contributed by atoms with E-state index in [1.807, 2.05) is 26.0 Å². The Morgan fingerprint density at radius 2 is 2.06 bits per heavy atom. The second-order valence-corrected chi connectivity index (χ2v) is 5.67. The van der Waals surface area contributed by atoms with Crippen LogP contribution in [0.2, 0.25) is 0 Å². The first-order valence-electron chi connectivity index (χ1n) is 5.27. The number of nitrogens with one attached hydrogen (secondary N) is 2. The third-order valence-corrected chi connectivity index (χ3v) is 3.81. The molecule has 0 aliphatic rings. The van der Waals surface area contributed by atoms with Gasteiger partial charge in [-0.05, 0) is 48.0 Å². The van der Waals surface area contributed by atoms with Gasteiger partial charge in [-0.2, -0.15) is 5.10 Å². The number of carbonyl (C=O) groups is 1. The van der Waals surface area contributed by atoms with Gasteiger partial charge in [0.1, 0.15) is 0 Å². The molecule has 0 bridgehead atoms. The lowest BCUT2D eigenvalue weighted by Gasteiger charge is -2.05. The fourth-order valence-corrected chi connectivity index (χ4v) is 2.68. The van der Waals surface area contributed by atoms with Gasteiger partial charge in [0.2, 0.25) is 0 Å². The molecule has 94 valence electrons. The number of halogens is 2. The van der Waals surface area contributed by atoms with Crippen molar-refractivity contribution in [3.8, 4) is 0 Å². The van der Waals surface area contributed by atoms with E-state index in [-0.39, 0.29) is 5.91 Å². The summed E-state index contributed by atoms with van der Waals surface area (Å²) in [6.45, 7) is 3.82. The number of nitrogens with zero attached hydrogens (tertiary/aromatic N) is 1. The van der Waals surface area contributed by atoms with Crippen LogP contribution in [0.25, 0.3) is 0 Å². The second-order valence-electron chi connectivity index (χ2n) is 3.90. The molecule has 18 heavy (non-hydrogen) atoms. The Morgan fingerprint density at radius 3 is 2.61 bits per heavy atom. The Bertz CT molecular complexity index is 607. The van der Waals surface area contributed by atoms with E-state index in [9.17, 15) is 4.79 Å². The number of hydrogen-bond donors (Lipinski definition) is 2. The van der Waals surface area contributed by atoms with E-state index in [4.69, 9.17) is 0 Å². The molecular weight excluding hydrogens is 362 g/mol. The highest BCUT2D eigenvalue weighted by Crippen LogP contribution is 2.23. The highest BCUT2D eigenvalue weighted by Gasteiger charge is 2.13. The minimum Gasteiger partial charge on any atom is -0.305 e. The molecule has 1 amide bonds. The summed E-state index contributed by atoms with van der Waals surface area (Å²) < 4.78 is 1.65. The highest BCUT2D eigenvalue weighted by atomic mass is 79.9. The summed E-state index contributed by atoms with van der Waals surface area (Å²) in [4.78, 5) is 12.1. The zero-order chi connectivity index (χ0) is 13.3. The van der Waals surface area contributed by atoms with Crippen LogP contribution in [-0.4, -0.2) is 16.1 Å². The molecule has 0 fully saturated rings. The number of aromatic amines is 1. The molecule has 0 atom stereocenters. The van der Waals surface area contributed by atoms with Gasteiger partial charge in [-0.1, -0.05) is 15.9 Å². The predicted octanol–water partition coefficient (Wildman–Crippen LogP) is 3.80. The first-order chi connectivity index (χ1) is 8.49. The summed E-state index contributed by atoms with van der Waals surface area (Å²) in [5, 5.41) is 9.66. The summed E-state index contributed by atoms with van der Waals surface area (Å²) in [5.41, 5.74) is 2.45. The number of aromatic nitrogens is 2. The van der Waals surface area contributed by atoms with E-state index < -0.39 is 0 Å². The zero-order valence-corrected chi connectivity index (χ0v) is 13.0. The van der Waals surface area contributed by atoms with Crippen LogP contribution in [0.1, 0.15) is 21.6 Å². The number of anilines is 1. The average Bonchev–Trinajstić information content (AvgIpc) is 2.61. The van der Waals surface area contributed by atoms with Crippen LogP contribution in [0.5, 0.6) is 0 Å². The standard InChI is InChI=1S/C12H11Br2N3O/c1-6-7(2)16-17-11(6)15-12(18)9-4-3-8(13)5-10(9)14/h3-5H,1-2H3,(H2,15,16,17,18). The lowest BCUT2D eigenvalue weighted by Crippen LogP contribution is -2.13. The number of carbonyl (C=O) groups excluding carboxylic acids is 1.